The van der Waals surface area contributed by atoms with Gasteiger partial charge in [-0.25, -0.2) is 0 Å². The first-order chi connectivity index (χ1) is 19.5. The van der Waals surface area contributed by atoms with E-state index in [-0.39, 0.29) is 43.5 Å². The second kappa shape index (κ2) is 15.8. The fraction of sp³-hybridized carbons (Fsp3) is 0.351. The molecule has 1 aliphatic carbocycles. The molecule has 0 amide bonds. The quantitative estimate of drug-likeness (QED) is 0.106. The van der Waals surface area contributed by atoms with Crippen LogP contribution in [0.1, 0.15) is 76.0 Å². The third kappa shape index (κ3) is 8.03. The Balaban J connectivity index is 0.000000253. The Morgan fingerprint density at radius 2 is 1.54 bits per heavy atom. The smallest absolute Gasteiger partial charge is 0.162 e. The Hall–Kier alpha value is -3.07. The molecule has 1 unspecified atom stereocenters. The van der Waals surface area contributed by atoms with Crippen LogP contribution in [0.15, 0.2) is 90.8 Å². The molecule has 5 rings (SSSR count). The summed E-state index contributed by atoms with van der Waals surface area (Å²) in [4.78, 5) is 16.4. The molecular formula is C37H42IrNO2-. The van der Waals surface area contributed by atoms with Gasteiger partial charge in [0.2, 0.25) is 0 Å². The number of hydrogen-bond acceptors (Lipinski definition) is 3. The minimum Gasteiger partial charge on any atom is -0.512 e. The average Bonchev–Trinajstić information content (AvgIpc) is 3.41. The molecule has 1 heterocycles. The molecule has 1 aliphatic rings. The molecule has 1 radical (unpaired) electrons. The van der Waals surface area contributed by atoms with Crippen LogP contribution in [0.4, 0.5) is 0 Å². The van der Waals surface area contributed by atoms with E-state index in [9.17, 15) is 9.90 Å². The summed E-state index contributed by atoms with van der Waals surface area (Å²) in [6.45, 7) is 8.07. The molecule has 1 aromatic heterocycles. The fourth-order valence-corrected chi connectivity index (χ4v) is 5.79. The van der Waals surface area contributed by atoms with E-state index in [1.54, 1.807) is 0 Å². The van der Waals surface area contributed by atoms with Crippen LogP contribution in [0.2, 0.25) is 0 Å². The van der Waals surface area contributed by atoms with Crippen LogP contribution < -0.4 is 0 Å². The standard InChI is InChI=1S/C24H18N.C13H24O2.Ir/c1-3-7-17(8-4-1)20-14-21-13-19-11-12-25-24(18-9-5-2-6-10-18)23(19)16-22(21)15-20;1-5-10(6-2)12(14)9-13(15)11(7-3)8-4;/h1-9,11-13,16,20H,14-15H2;9-11,14H,5-8H2,1-4H3;/q-1;;/b;12-9-;. The Bertz CT molecular complexity index is 1420. The predicted octanol–water partition coefficient (Wildman–Crippen LogP) is 9.45. The van der Waals surface area contributed by atoms with Gasteiger partial charge in [0.05, 0.1) is 5.76 Å². The number of nitrogens with zero attached hydrogens (tertiary/aromatic N) is 1. The van der Waals surface area contributed by atoms with E-state index in [0.29, 0.717) is 5.92 Å². The summed E-state index contributed by atoms with van der Waals surface area (Å²) >= 11 is 0. The summed E-state index contributed by atoms with van der Waals surface area (Å²) < 4.78 is 0. The van der Waals surface area contributed by atoms with Crippen molar-refractivity contribution in [2.45, 2.75) is 72.1 Å². The average molecular weight is 725 g/mol. The molecular weight excluding hydrogens is 683 g/mol. The number of ketones is 1. The van der Waals surface area contributed by atoms with Gasteiger partial charge >= 0.3 is 0 Å². The SMILES string of the molecule is CCC(CC)C(=O)/C=C(\O)C(CC)CC.[Ir].[c-]1ccccc1-c1nccc2cc3c(cc12)CC(c1ccccc1)C3. The molecule has 217 valence electrons. The van der Waals surface area contributed by atoms with E-state index in [1.807, 2.05) is 52.1 Å². The molecule has 1 atom stereocenters. The topological polar surface area (TPSA) is 50.2 Å². The summed E-state index contributed by atoms with van der Waals surface area (Å²) in [6, 6.07) is 29.1. The van der Waals surface area contributed by atoms with Gasteiger partial charge < -0.3 is 10.1 Å². The molecule has 3 aromatic carbocycles. The molecule has 41 heavy (non-hydrogen) atoms. The summed E-state index contributed by atoms with van der Waals surface area (Å²) in [6.07, 6.45) is 9.06. The molecule has 0 spiro atoms. The monoisotopic (exact) mass is 725 g/mol. The largest absolute Gasteiger partial charge is 0.512 e. The zero-order valence-electron chi connectivity index (χ0n) is 24.7. The van der Waals surface area contributed by atoms with Crippen LogP contribution in [0.5, 0.6) is 0 Å². The van der Waals surface area contributed by atoms with Crippen molar-refractivity contribution in [1.82, 2.24) is 4.98 Å². The number of fused-ring (bicyclic) bond motifs is 2. The van der Waals surface area contributed by atoms with Gasteiger partial charge in [0.15, 0.2) is 5.78 Å². The maximum Gasteiger partial charge on any atom is 0.162 e. The first-order valence-electron chi connectivity index (χ1n) is 14.9. The second-order valence-electron chi connectivity index (χ2n) is 10.8. The van der Waals surface area contributed by atoms with Gasteiger partial charge in [-0.3, -0.25) is 4.79 Å². The van der Waals surface area contributed by atoms with Crippen LogP contribution in [-0.2, 0) is 37.7 Å². The van der Waals surface area contributed by atoms with Crippen LogP contribution in [-0.4, -0.2) is 15.9 Å². The van der Waals surface area contributed by atoms with E-state index < -0.39 is 0 Å². The van der Waals surface area contributed by atoms with E-state index in [2.05, 4.69) is 65.6 Å². The molecule has 0 saturated heterocycles. The van der Waals surface area contributed by atoms with Crippen molar-refractivity contribution < 1.29 is 30.0 Å². The zero-order chi connectivity index (χ0) is 28.5. The normalized spacial score (nSPS) is 14.4. The van der Waals surface area contributed by atoms with Crippen LogP contribution in [0.25, 0.3) is 22.0 Å². The molecule has 4 aromatic rings. The molecule has 0 fully saturated rings. The summed E-state index contributed by atoms with van der Waals surface area (Å²) in [7, 11) is 0. The van der Waals surface area contributed by atoms with Crippen LogP contribution in [0.3, 0.4) is 0 Å². The Morgan fingerprint density at radius 1 is 0.902 bits per heavy atom. The number of pyridine rings is 1. The van der Waals surface area contributed by atoms with E-state index in [4.69, 9.17) is 0 Å². The number of aromatic nitrogens is 1. The van der Waals surface area contributed by atoms with Gasteiger partial charge in [0.25, 0.3) is 0 Å². The van der Waals surface area contributed by atoms with Gasteiger partial charge in [-0.05, 0) is 83.7 Å². The van der Waals surface area contributed by atoms with Gasteiger partial charge in [-0.1, -0.05) is 70.2 Å². The number of aliphatic hydroxyl groups excluding tert-OH is 1. The molecule has 0 saturated carbocycles. The minimum absolute atomic E-state index is 0. The maximum atomic E-state index is 11.7. The summed E-state index contributed by atoms with van der Waals surface area (Å²) in [5, 5.41) is 12.3. The first kappa shape index (κ1) is 32.4. The fourth-order valence-electron chi connectivity index (χ4n) is 5.79. The third-order valence-electron chi connectivity index (χ3n) is 8.33. The number of aliphatic hydroxyl groups is 1. The number of carbonyl (C=O) groups excluding carboxylic acids is 1. The molecule has 4 heteroatoms. The Labute approximate surface area is 259 Å². The van der Waals surface area contributed by atoms with Crippen LogP contribution in [0, 0.1) is 17.9 Å². The van der Waals surface area contributed by atoms with Crippen molar-refractivity contribution in [1.29, 1.82) is 0 Å². The molecule has 3 nitrogen and oxygen atoms in total. The Morgan fingerprint density at radius 3 is 2.15 bits per heavy atom. The Kier molecular flexibility index (Phi) is 12.5. The minimum atomic E-state index is 0. The van der Waals surface area contributed by atoms with Gasteiger partial charge in [0, 0.05) is 44.2 Å². The number of rotatable bonds is 9. The van der Waals surface area contributed by atoms with Crippen molar-refractivity contribution in [2.75, 3.05) is 0 Å². The number of benzene rings is 3. The van der Waals surface area contributed by atoms with Crippen LogP contribution >= 0.6 is 0 Å². The van der Waals surface area contributed by atoms with Crippen molar-refractivity contribution in [3.05, 3.63) is 114 Å². The van der Waals surface area contributed by atoms with E-state index >= 15 is 0 Å². The number of carbonyl (C=O) groups is 1. The zero-order valence-corrected chi connectivity index (χ0v) is 27.1. The second-order valence-corrected chi connectivity index (χ2v) is 10.8. The van der Waals surface area contributed by atoms with E-state index in [0.717, 1.165) is 49.8 Å². The molecule has 0 bridgehead atoms. The number of hydrogen-bond donors (Lipinski definition) is 1. The molecule has 1 N–H and O–H groups in total. The van der Waals surface area contributed by atoms with Gasteiger partial charge in [-0.2, -0.15) is 0 Å². The van der Waals surface area contributed by atoms with E-state index in [1.165, 1.54) is 33.5 Å². The maximum absolute atomic E-state index is 11.7. The van der Waals surface area contributed by atoms with Gasteiger partial charge in [-0.15, -0.1) is 35.9 Å². The van der Waals surface area contributed by atoms with Crippen molar-refractivity contribution in [3.63, 3.8) is 0 Å². The third-order valence-corrected chi connectivity index (χ3v) is 8.33. The number of allylic oxidation sites excluding steroid dienone is 2. The molecule has 0 aliphatic heterocycles. The van der Waals surface area contributed by atoms with Crippen molar-refractivity contribution in [3.8, 4) is 11.3 Å². The summed E-state index contributed by atoms with van der Waals surface area (Å²) in [5.74, 6) is 1.14. The van der Waals surface area contributed by atoms with Crippen molar-refractivity contribution in [2.24, 2.45) is 11.8 Å². The van der Waals surface area contributed by atoms with Gasteiger partial charge in [0.1, 0.15) is 0 Å². The van der Waals surface area contributed by atoms with Crippen molar-refractivity contribution >= 4 is 16.6 Å². The first-order valence-corrected chi connectivity index (χ1v) is 14.9. The predicted molar refractivity (Wildman–Crippen MR) is 166 cm³/mol. The summed E-state index contributed by atoms with van der Waals surface area (Å²) in [5.41, 5.74) is 6.48.